The Morgan fingerprint density at radius 1 is 1.00 bits per heavy atom. The van der Waals surface area contributed by atoms with Gasteiger partial charge in [-0.1, -0.05) is 18.2 Å². The van der Waals surface area contributed by atoms with Crippen molar-refractivity contribution in [2.24, 2.45) is 0 Å². The fourth-order valence-corrected chi connectivity index (χ4v) is 4.85. The number of aromatic nitrogens is 2. The van der Waals surface area contributed by atoms with Crippen LogP contribution < -0.4 is 10.2 Å². The molecule has 2 fully saturated rings. The van der Waals surface area contributed by atoms with Crippen molar-refractivity contribution in [3.63, 3.8) is 0 Å². The van der Waals surface area contributed by atoms with Gasteiger partial charge >= 0.3 is 6.18 Å². The molecule has 1 atom stereocenters. The lowest BCUT2D eigenvalue weighted by molar-refractivity contribution is -0.169. The lowest BCUT2D eigenvalue weighted by Crippen LogP contribution is -2.44. The molecule has 37 heavy (non-hydrogen) atoms. The first-order chi connectivity index (χ1) is 17.8. The fraction of sp³-hybridized carbons (Fsp3) is 0.370. The third kappa shape index (κ3) is 5.69. The Hall–Kier alpha value is -3.66. The fourth-order valence-electron chi connectivity index (χ4n) is 4.85. The number of hydrogen-bond donors (Lipinski definition) is 1. The molecule has 1 N–H and O–H groups in total. The van der Waals surface area contributed by atoms with Crippen molar-refractivity contribution in [1.29, 1.82) is 0 Å². The maximum absolute atomic E-state index is 13.3. The number of nitrogens with zero attached hydrogens (tertiary/aromatic N) is 5. The van der Waals surface area contributed by atoms with Gasteiger partial charge in [0.1, 0.15) is 6.04 Å². The zero-order valence-corrected chi connectivity index (χ0v) is 20.6. The molecule has 2 aliphatic heterocycles. The Morgan fingerprint density at radius 3 is 2.49 bits per heavy atom. The summed E-state index contributed by atoms with van der Waals surface area (Å²) in [5.41, 5.74) is 3.62. The molecule has 0 saturated carbocycles. The van der Waals surface area contributed by atoms with Crippen LogP contribution in [-0.4, -0.2) is 77.7 Å². The molecule has 194 valence electrons. The Labute approximate surface area is 213 Å². The van der Waals surface area contributed by atoms with E-state index in [0.717, 1.165) is 48.0 Å². The molecule has 0 spiro atoms. The summed E-state index contributed by atoms with van der Waals surface area (Å²) < 4.78 is 39.8. The zero-order valence-electron chi connectivity index (χ0n) is 20.6. The Morgan fingerprint density at radius 2 is 1.76 bits per heavy atom. The maximum atomic E-state index is 13.3. The third-order valence-corrected chi connectivity index (χ3v) is 6.95. The normalized spacial score (nSPS) is 18.8. The Bertz CT molecular complexity index is 1240. The van der Waals surface area contributed by atoms with Crippen molar-refractivity contribution in [2.45, 2.75) is 25.1 Å². The van der Waals surface area contributed by atoms with Gasteiger partial charge in [0.25, 0.3) is 5.91 Å². The maximum Gasteiger partial charge on any atom is 0.408 e. The number of carbonyl (C=O) groups excluding carboxylic acids is 1. The number of halogens is 3. The number of carbonyl (C=O) groups is 1. The lowest BCUT2D eigenvalue weighted by atomic mass is 10.1. The summed E-state index contributed by atoms with van der Waals surface area (Å²) in [6, 6.07) is 14.7. The summed E-state index contributed by atoms with van der Waals surface area (Å²) in [4.78, 5) is 27.3. The molecule has 1 aromatic heterocycles. The van der Waals surface area contributed by atoms with Gasteiger partial charge in [0, 0.05) is 61.4 Å². The number of nitrogens with one attached hydrogen (secondary N) is 1. The highest BCUT2D eigenvalue weighted by Crippen LogP contribution is 2.34. The molecule has 5 rings (SSSR count). The van der Waals surface area contributed by atoms with E-state index < -0.39 is 18.1 Å². The minimum Gasteiger partial charge on any atom is -0.369 e. The number of alkyl halides is 3. The van der Waals surface area contributed by atoms with Gasteiger partial charge in [0.15, 0.2) is 0 Å². The highest BCUT2D eigenvalue weighted by atomic mass is 19.4. The molecule has 10 heteroatoms. The molecule has 3 heterocycles. The largest absolute Gasteiger partial charge is 0.408 e. The first-order valence-electron chi connectivity index (χ1n) is 12.4. The summed E-state index contributed by atoms with van der Waals surface area (Å²) in [5, 5.41) is 3.26. The van der Waals surface area contributed by atoms with Crippen molar-refractivity contribution in [1.82, 2.24) is 19.8 Å². The van der Waals surface area contributed by atoms with E-state index in [9.17, 15) is 18.0 Å². The van der Waals surface area contributed by atoms with Crippen molar-refractivity contribution in [3.05, 3.63) is 66.4 Å². The molecule has 2 aliphatic rings. The van der Waals surface area contributed by atoms with Crippen molar-refractivity contribution < 1.29 is 18.0 Å². The number of hydrogen-bond acceptors (Lipinski definition) is 6. The van der Waals surface area contributed by atoms with E-state index in [2.05, 4.69) is 44.3 Å². The number of likely N-dealkylation sites (N-methyl/N-ethyl adjacent to an activating group) is 1. The van der Waals surface area contributed by atoms with E-state index in [1.807, 2.05) is 12.1 Å². The average Bonchev–Trinajstić information content (AvgIpc) is 3.40. The van der Waals surface area contributed by atoms with E-state index >= 15 is 0 Å². The number of likely N-dealkylation sites (tertiary alicyclic amines) is 1. The van der Waals surface area contributed by atoms with E-state index in [4.69, 9.17) is 0 Å². The monoisotopic (exact) mass is 510 g/mol. The van der Waals surface area contributed by atoms with Gasteiger partial charge in [-0.15, -0.1) is 0 Å². The molecule has 1 amide bonds. The Balaban J connectivity index is 1.28. The molecule has 0 bridgehead atoms. The first kappa shape index (κ1) is 25.0. The second kappa shape index (κ2) is 10.4. The quantitative estimate of drug-likeness (QED) is 0.532. The molecule has 0 unspecified atom stereocenters. The lowest BCUT2D eigenvalue weighted by Gasteiger charge is -2.34. The molecular formula is C27H29F3N6O. The molecule has 0 aliphatic carbocycles. The van der Waals surface area contributed by atoms with Crippen LogP contribution in [0.3, 0.4) is 0 Å². The van der Waals surface area contributed by atoms with Crippen LogP contribution in [0.25, 0.3) is 11.3 Å². The number of anilines is 3. The summed E-state index contributed by atoms with van der Waals surface area (Å²) in [6.07, 6.45) is -2.47. The number of amides is 1. The molecule has 2 aromatic carbocycles. The van der Waals surface area contributed by atoms with Gasteiger partial charge < -0.3 is 20.0 Å². The van der Waals surface area contributed by atoms with Crippen molar-refractivity contribution >= 4 is 23.2 Å². The van der Waals surface area contributed by atoms with Crippen LogP contribution in [0.1, 0.15) is 23.2 Å². The third-order valence-electron chi connectivity index (χ3n) is 6.95. The number of piperazine rings is 1. The first-order valence-corrected chi connectivity index (χ1v) is 12.4. The van der Waals surface area contributed by atoms with Gasteiger partial charge in [-0.05, 0) is 56.3 Å². The van der Waals surface area contributed by atoms with Gasteiger partial charge in [-0.25, -0.2) is 9.97 Å². The van der Waals surface area contributed by atoms with E-state index in [-0.39, 0.29) is 18.5 Å². The number of benzene rings is 2. The van der Waals surface area contributed by atoms with E-state index in [1.54, 1.807) is 36.5 Å². The molecule has 0 radical (unpaired) electrons. The van der Waals surface area contributed by atoms with Gasteiger partial charge in [-0.2, -0.15) is 13.2 Å². The van der Waals surface area contributed by atoms with Crippen LogP contribution in [-0.2, 0) is 0 Å². The van der Waals surface area contributed by atoms with Crippen molar-refractivity contribution in [2.75, 3.05) is 50.0 Å². The predicted molar refractivity (Wildman–Crippen MR) is 137 cm³/mol. The summed E-state index contributed by atoms with van der Waals surface area (Å²) in [7, 11) is 2.13. The molecule has 2 saturated heterocycles. The summed E-state index contributed by atoms with van der Waals surface area (Å²) in [6.45, 7) is 4.10. The standard InChI is InChI=1S/C27H29F3N6O/c1-34-14-16-35(17-15-34)22-5-2-4-21(18-22)32-26-31-12-11-23(33-26)19-7-9-20(10-8-19)25(37)36-13-3-6-24(36)27(28,29)30/h2,4-5,7-12,18,24H,3,6,13-17H2,1H3,(H,31,32,33)/t24-/m1/s1. The van der Waals surface area contributed by atoms with Crippen LogP contribution in [0.5, 0.6) is 0 Å². The highest BCUT2D eigenvalue weighted by Gasteiger charge is 2.47. The highest BCUT2D eigenvalue weighted by molar-refractivity contribution is 5.95. The van der Waals surface area contributed by atoms with Crippen molar-refractivity contribution in [3.8, 4) is 11.3 Å². The molecule has 7 nitrogen and oxygen atoms in total. The molecular weight excluding hydrogens is 481 g/mol. The molecule has 3 aromatic rings. The zero-order chi connectivity index (χ0) is 26.0. The van der Waals surface area contributed by atoms with Crippen LogP contribution in [0.4, 0.5) is 30.5 Å². The van der Waals surface area contributed by atoms with Crippen LogP contribution in [0.2, 0.25) is 0 Å². The second-order valence-electron chi connectivity index (χ2n) is 9.51. The predicted octanol–water partition coefficient (Wildman–Crippen LogP) is 4.81. The van der Waals surface area contributed by atoms with Gasteiger partial charge in [0.05, 0.1) is 5.69 Å². The van der Waals surface area contributed by atoms with Crippen LogP contribution in [0, 0.1) is 0 Å². The second-order valence-corrected chi connectivity index (χ2v) is 9.51. The van der Waals surface area contributed by atoms with Gasteiger partial charge in [0.2, 0.25) is 5.95 Å². The van der Waals surface area contributed by atoms with Gasteiger partial charge in [-0.3, -0.25) is 4.79 Å². The van der Waals surface area contributed by atoms with Crippen LogP contribution in [0.15, 0.2) is 60.8 Å². The number of rotatable bonds is 5. The topological polar surface area (TPSA) is 64.6 Å². The van der Waals surface area contributed by atoms with Crippen LogP contribution >= 0.6 is 0 Å². The Kier molecular flexibility index (Phi) is 7.01. The minimum absolute atomic E-state index is 0.0533. The average molecular weight is 511 g/mol. The van der Waals surface area contributed by atoms with E-state index in [0.29, 0.717) is 18.1 Å². The SMILES string of the molecule is CN1CCN(c2cccc(Nc3nccc(-c4ccc(C(=O)N5CCC[C@@H]5C(F)(F)F)cc4)n3)c2)CC1. The minimum atomic E-state index is -4.42. The summed E-state index contributed by atoms with van der Waals surface area (Å²) >= 11 is 0. The summed E-state index contributed by atoms with van der Waals surface area (Å²) in [5.74, 6) is -0.171. The van der Waals surface area contributed by atoms with E-state index in [1.165, 1.54) is 0 Å². The smallest absolute Gasteiger partial charge is 0.369 e.